The first-order valence-corrected chi connectivity index (χ1v) is 7.11. The van der Waals surface area contributed by atoms with Crippen molar-refractivity contribution in [3.8, 4) is 0 Å². The van der Waals surface area contributed by atoms with Gasteiger partial charge in [0, 0.05) is 23.6 Å². The van der Waals surface area contributed by atoms with Crippen LogP contribution in [-0.4, -0.2) is 9.97 Å². The predicted octanol–water partition coefficient (Wildman–Crippen LogP) is 4.39. The smallest absolute Gasteiger partial charge is 0.107 e. The number of nitrogens with zero attached hydrogens (tertiary/aromatic N) is 1. The maximum absolute atomic E-state index is 4.25. The fraction of sp³-hybridized carbons (Fsp3) is 0.400. The molecule has 0 radical (unpaired) electrons. The fourth-order valence-electron chi connectivity index (χ4n) is 1.89. The Kier molecular flexibility index (Phi) is 3.91. The van der Waals surface area contributed by atoms with Crippen LogP contribution in [0.4, 0.5) is 0 Å². The molecule has 2 rings (SSSR count). The van der Waals surface area contributed by atoms with Crippen molar-refractivity contribution in [3.63, 3.8) is 0 Å². The Morgan fingerprint density at radius 1 is 1.22 bits per heavy atom. The zero-order chi connectivity index (χ0) is 13.2. The number of alkyl halides is 1. The quantitative estimate of drug-likeness (QED) is 0.837. The summed E-state index contributed by atoms with van der Waals surface area (Å²) in [6.45, 7) is 6.70. The van der Waals surface area contributed by atoms with E-state index in [9.17, 15) is 0 Å². The SMILES string of the molecule is CC(C)(C)c1ccc(C(Br)Cc2ncc[nH]2)cc1. The van der Waals surface area contributed by atoms with E-state index in [1.54, 1.807) is 6.20 Å². The minimum absolute atomic E-state index is 0.210. The Morgan fingerprint density at radius 2 is 1.89 bits per heavy atom. The van der Waals surface area contributed by atoms with Gasteiger partial charge in [0.2, 0.25) is 0 Å². The van der Waals surface area contributed by atoms with Crippen LogP contribution in [0.1, 0.15) is 42.5 Å². The van der Waals surface area contributed by atoms with Gasteiger partial charge in [-0.2, -0.15) is 0 Å². The first kappa shape index (κ1) is 13.3. The summed E-state index contributed by atoms with van der Waals surface area (Å²) in [4.78, 5) is 7.69. The lowest BCUT2D eigenvalue weighted by Gasteiger charge is -2.19. The molecule has 1 aromatic carbocycles. The van der Waals surface area contributed by atoms with Crippen LogP contribution in [-0.2, 0) is 11.8 Å². The number of rotatable bonds is 3. The van der Waals surface area contributed by atoms with E-state index in [0.717, 1.165) is 12.2 Å². The molecule has 0 saturated carbocycles. The molecule has 3 heteroatoms. The Balaban J connectivity index is 2.10. The molecule has 2 aromatic rings. The summed E-state index contributed by atoms with van der Waals surface area (Å²) in [5.41, 5.74) is 2.87. The summed E-state index contributed by atoms with van der Waals surface area (Å²) >= 11 is 3.72. The number of nitrogens with one attached hydrogen (secondary N) is 1. The summed E-state index contributed by atoms with van der Waals surface area (Å²) < 4.78 is 0. The molecule has 1 N–H and O–H groups in total. The third-order valence-electron chi connectivity index (χ3n) is 3.07. The van der Waals surface area contributed by atoms with Gasteiger partial charge in [-0.3, -0.25) is 0 Å². The van der Waals surface area contributed by atoms with Gasteiger partial charge in [0.05, 0.1) is 0 Å². The Hall–Kier alpha value is -1.09. The van der Waals surface area contributed by atoms with Crippen LogP contribution in [0.25, 0.3) is 0 Å². The van der Waals surface area contributed by atoms with Crippen LogP contribution in [0.15, 0.2) is 36.7 Å². The summed E-state index contributed by atoms with van der Waals surface area (Å²) in [6, 6.07) is 8.82. The largest absolute Gasteiger partial charge is 0.349 e. The molecule has 0 saturated heterocycles. The van der Waals surface area contributed by atoms with Crippen molar-refractivity contribution >= 4 is 15.9 Å². The average Bonchev–Trinajstić information content (AvgIpc) is 2.81. The Labute approximate surface area is 117 Å². The minimum Gasteiger partial charge on any atom is -0.349 e. The average molecular weight is 307 g/mol. The number of benzene rings is 1. The van der Waals surface area contributed by atoms with Crippen molar-refractivity contribution in [2.75, 3.05) is 0 Å². The molecule has 0 aliphatic rings. The Morgan fingerprint density at radius 3 is 2.39 bits per heavy atom. The summed E-state index contributed by atoms with van der Waals surface area (Å²) in [6.07, 6.45) is 4.53. The van der Waals surface area contributed by atoms with E-state index in [1.165, 1.54) is 11.1 Å². The van der Waals surface area contributed by atoms with Crippen molar-refractivity contribution in [2.45, 2.75) is 37.4 Å². The monoisotopic (exact) mass is 306 g/mol. The van der Waals surface area contributed by atoms with Crippen LogP contribution >= 0.6 is 15.9 Å². The van der Waals surface area contributed by atoms with Crippen molar-refractivity contribution in [1.82, 2.24) is 9.97 Å². The van der Waals surface area contributed by atoms with E-state index in [-0.39, 0.29) is 5.41 Å². The van der Waals surface area contributed by atoms with Crippen LogP contribution in [0.5, 0.6) is 0 Å². The number of hydrogen-bond donors (Lipinski definition) is 1. The zero-order valence-corrected chi connectivity index (χ0v) is 12.7. The molecule has 0 bridgehead atoms. The summed E-state index contributed by atoms with van der Waals surface area (Å²) in [5.74, 6) is 1.01. The first-order chi connectivity index (χ1) is 8.47. The number of hydrogen-bond acceptors (Lipinski definition) is 1. The highest BCUT2D eigenvalue weighted by Crippen LogP contribution is 2.29. The van der Waals surface area contributed by atoms with Crippen molar-refractivity contribution < 1.29 is 0 Å². The third kappa shape index (κ3) is 3.22. The third-order valence-corrected chi connectivity index (χ3v) is 3.92. The van der Waals surface area contributed by atoms with E-state index in [4.69, 9.17) is 0 Å². The minimum atomic E-state index is 0.210. The molecular weight excluding hydrogens is 288 g/mol. The lowest BCUT2D eigenvalue weighted by molar-refractivity contribution is 0.590. The number of aromatic nitrogens is 2. The molecule has 0 amide bonds. The van der Waals surface area contributed by atoms with Gasteiger partial charge >= 0.3 is 0 Å². The lowest BCUT2D eigenvalue weighted by Crippen LogP contribution is -2.10. The molecule has 0 fully saturated rings. The molecule has 1 atom stereocenters. The highest BCUT2D eigenvalue weighted by Gasteiger charge is 2.15. The fourth-order valence-corrected chi connectivity index (χ4v) is 2.50. The summed E-state index contributed by atoms with van der Waals surface area (Å²) in [5, 5.41) is 0. The summed E-state index contributed by atoms with van der Waals surface area (Å²) in [7, 11) is 0. The Bertz CT molecular complexity index is 480. The van der Waals surface area contributed by atoms with E-state index in [1.807, 2.05) is 6.20 Å². The van der Waals surface area contributed by atoms with Gasteiger partial charge in [0.15, 0.2) is 0 Å². The van der Waals surface area contributed by atoms with Gasteiger partial charge in [-0.1, -0.05) is 61.0 Å². The molecule has 1 aromatic heterocycles. The van der Waals surface area contributed by atoms with E-state index in [0.29, 0.717) is 4.83 Å². The van der Waals surface area contributed by atoms with E-state index < -0.39 is 0 Å². The van der Waals surface area contributed by atoms with E-state index in [2.05, 4.69) is 70.9 Å². The predicted molar refractivity (Wildman–Crippen MR) is 79.1 cm³/mol. The highest BCUT2D eigenvalue weighted by atomic mass is 79.9. The second-order valence-electron chi connectivity index (χ2n) is 5.58. The van der Waals surface area contributed by atoms with Crippen LogP contribution in [0.3, 0.4) is 0 Å². The normalized spacial score (nSPS) is 13.6. The van der Waals surface area contributed by atoms with Gasteiger partial charge in [-0.05, 0) is 16.5 Å². The maximum Gasteiger partial charge on any atom is 0.107 e. The molecule has 2 nitrogen and oxygen atoms in total. The lowest BCUT2D eigenvalue weighted by atomic mass is 9.86. The van der Waals surface area contributed by atoms with Crippen molar-refractivity contribution in [3.05, 3.63) is 53.6 Å². The van der Waals surface area contributed by atoms with Gasteiger partial charge in [0.25, 0.3) is 0 Å². The molecule has 0 spiro atoms. The van der Waals surface area contributed by atoms with Crippen molar-refractivity contribution in [2.24, 2.45) is 0 Å². The van der Waals surface area contributed by atoms with Gasteiger partial charge in [-0.25, -0.2) is 4.98 Å². The molecular formula is C15H19BrN2. The number of aromatic amines is 1. The van der Waals surface area contributed by atoms with Crippen LogP contribution in [0, 0.1) is 0 Å². The molecule has 18 heavy (non-hydrogen) atoms. The first-order valence-electron chi connectivity index (χ1n) is 6.19. The molecule has 0 aliphatic heterocycles. The van der Waals surface area contributed by atoms with Crippen LogP contribution in [0.2, 0.25) is 0 Å². The number of imidazole rings is 1. The van der Waals surface area contributed by atoms with Gasteiger partial charge in [-0.15, -0.1) is 0 Å². The van der Waals surface area contributed by atoms with Crippen LogP contribution < -0.4 is 0 Å². The molecule has 1 heterocycles. The highest BCUT2D eigenvalue weighted by molar-refractivity contribution is 9.09. The topological polar surface area (TPSA) is 28.7 Å². The number of H-pyrrole nitrogens is 1. The van der Waals surface area contributed by atoms with Gasteiger partial charge in [0.1, 0.15) is 5.82 Å². The van der Waals surface area contributed by atoms with E-state index >= 15 is 0 Å². The zero-order valence-electron chi connectivity index (χ0n) is 11.1. The maximum atomic E-state index is 4.25. The molecule has 96 valence electrons. The second kappa shape index (κ2) is 5.27. The van der Waals surface area contributed by atoms with Crippen molar-refractivity contribution in [1.29, 1.82) is 0 Å². The number of halogens is 1. The standard InChI is InChI=1S/C15H19BrN2/c1-15(2,3)12-6-4-11(5-7-12)13(16)10-14-17-8-9-18-14/h4-9,13H,10H2,1-3H3,(H,17,18). The molecule has 1 unspecified atom stereocenters. The second-order valence-corrected chi connectivity index (χ2v) is 6.68. The van der Waals surface area contributed by atoms with Gasteiger partial charge < -0.3 is 4.98 Å². The molecule has 0 aliphatic carbocycles.